The Morgan fingerprint density at radius 3 is 2.37 bits per heavy atom. The molecule has 0 aromatic carbocycles. The van der Waals surface area contributed by atoms with Crippen molar-refractivity contribution in [3.8, 4) is 0 Å². The van der Waals surface area contributed by atoms with Crippen molar-refractivity contribution in [3.05, 3.63) is 29.6 Å². The molecular formula is C16H27N3. The molecule has 3 nitrogen and oxygen atoms in total. The lowest BCUT2D eigenvalue weighted by molar-refractivity contribution is 0.145. The van der Waals surface area contributed by atoms with Gasteiger partial charge in [-0.25, -0.2) is 0 Å². The van der Waals surface area contributed by atoms with Crippen LogP contribution >= 0.6 is 0 Å². The molecule has 0 aliphatic carbocycles. The van der Waals surface area contributed by atoms with Crippen molar-refractivity contribution < 1.29 is 0 Å². The SMILES string of the molecule is Cc1ccc(CNC2CC(C)(C)NC(C)(C)C2)nc1. The molecule has 1 saturated heterocycles. The molecule has 2 heterocycles. The zero-order valence-electron chi connectivity index (χ0n) is 12.9. The Morgan fingerprint density at radius 1 is 1.21 bits per heavy atom. The first-order valence-corrected chi connectivity index (χ1v) is 7.20. The van der Waals surface area contributed by atoms with Gasteiger partial charge in [0.1, 0.15) is 0 Å². The van der Waals surface area contributed by atoms with Crippen molar-refractivity contribution in [2.45, 2.75) is 71.1 Å². The van der Waals surface area contributed by atoms with E-state index in [-0.39, 0.29) is 11.1 Å². The van der Waals surface area contributed by atoms with Gasteiger partial charge < -0.3 is 10.6 Å². The van der Waals surface area contributed by atoms with Crippen molar-refractivity contribution in [2.75, 3.05) is 0 Å². The Bertz CT molecular complexity index is 404. The van der Waals surface area contributed by atoms with Crippen LogP contribution in [0.3, 0.4) is 0 Å². The first kappa shape index (κ1) is 14.5. The predicted octanol–water partition coefficient (Wildman–Crippen LogP) is 2.79. The number of hydrogen-bond acceptors (Lipinski definition) is 3. The van der Waals surface area contributed by atoms with Gasteiger partial charge in [0.25, 0.3) is 0 Å². The number of pyridine rings is 1. The van der Waals surface area contributed by atoms with Crippen LogP contribution in [0, 0.1) is 6.92 Å². The molecule has 1 aromatic heterocycles. The molecule has 1 fully saturated rings. The monoisotopic (exact) mass is 261 g/mol. The summed E-state index contributed by atoms with van der Waals surface area (Å²) < 4.78 is 0. The van der Waals surface area contributed by atoms with E-state index in [1.807, 2.05) is 6.20 Å². The Kier molecular flexibility index (Phi) is 3.98. The Morgan fingerprint density at radius 2 is 1.84 bits per heavy atom. The third-order valence-electron chi connectivity index (χ3n) is 3.73. The van der Waals surface area contributed by atoms with Gasteiger partial charge in [0.05, 0.1) is 5.69 Å². The molecule has 3 heteroatoms. The van der Waals surface area contributed by atoms with Gasteiger partial charge in [-0.1, -0.05) is 6.07 Å². The third-order valence-corrected chi connectivity index (χ3v) is 3.73. The van der Waals surface area contributed by atoms with Crippen LogP contribution in [0.1, 0.15) is 51.8 Å². The molecule has 1 aromatic rings. The minimum atomic E-state index is 0.195. The zero-order valence-corrected chi connectivity index (χ0v) is 12.9. The molecule has 0 radical (unpaired) electrons. The average Bonchev–Trinajstić information content (AvgIpc) is 2.24. The maximum absolute atomic E-state index is 4.46. The van der Waals surface area contributed by atoms with Crippen LogP contribution in [0.4, 0.5) is 0 Å². The van der Waals surface area contributed by atoms with Gasteiger partial charge >= 0.3 is 0 Å². The number of aromatic nitrogens is 1. The van der Waals surface area contributed by atoms with E-state index in [0.29, 0.717) is 6.04 Å². The van der Waals surface area contributed by atoms with E-state index in [1.54, 1.807) is 0 Å². The second kappa shape index (κ2) is 5.22. The molecule has 1 aliphatic rings. The number of piperidine rings is 1. The smallest absolute Gasteiger partial charge is 0.0541 e. The number of rotatable bonds is 3. The van der Waals surface area contributed by atoms with Crippen LogP contribution in [-0.4, -0.2) is 22.1 Å². The largest absolute Gasteiger partial charge is 0.308 e. The summed E-state index contributed by atoms with van der Waals surface area (Å²) in [4.78, 5) is 4.46. The molecule has 106 valence electrons. The lowest BCUT2D eigenvalue weighted by Crippen LogP contribution is -2.61. The van der Waals surface area contributed by atoms with Gasteiger partial charge in [-0.2, -0.15) is 0 Å². The lowest BCUT2D eigenvalue weighted by Gasteiger charge is -2.46. The summed E-state index contributed by atoms with van der Waals surface area (Å²) in [5.41, 5.74) is 2.73. The van der Waals surface area contributed by atoms with E-state index in [0.717, 1.165) is 25.1 Å². The fraction of sp³-hybridized carbons (Fsp3) is 0.688. The van der Waals surface area contributed by atoms with E-state index >= 15 is 0 Å². The fourth-order valence-electron chi connectivity index (χ4n) is 3.32. The van der Waals surface area contributed by atoms with Gasteiger partial charge in [0, 0.05) is 29.9 Å². The summed E-state index contributed by atoms with van der Waals surface area (Å²) in [6.45, 7) is 12.1. The highest BCUT2D eigenvalue weighted by Gasteiger charge is 2.37. The van der Waals surface area contributed by atoms with Crippen molar-refractivity contribution in [3.63, 3.8) is 0 Å². The molecule has 0 atom stereocenters. The van der Waals surface area contributed by atoms with Crippen LogP contribution in [0.25, 0.3) is 0 Å². The predicted molar refractivity (Wildman–Crippen MR) is 80.1 cm³/mol. The molecule has 0 unspecified atom stereocenters. The zero-order chi connectivity index (χ0) is 14.1. The van der Waals surface area contributed by atoms with E-state index < -0.39 is 0 Å². The average molecular weight is 261 g/mol. The molecular weight excluding hydrogens is 234 g/mol. The summed E-state index contributed by atoms with van der Waals surface area (Å²) in [6.07, 6.45) is 4.25. The molecule has 2 rings (SSSR count). The minimum Gasteiger partial charge on any atom is -0.308 e. The third kappa shape index (κ3) is 4.29. The number of nitrogens with one attached hydrogen (secondary N) is 2. The van der Waals surface area contributed by atoms with Crippen LogP contribution < -0.4 is 10.6 Å². The van der Waals surface area contributed by atoms with Crippen LogP contribution in [-0.2, 0) is 6.54 Å². The maximum atomic E-state index is 4.46. The molecule has 19 heavy (non-hydrogen) atoms. The van der Waals surface area contributed by atoms with Crippen molar-refractivity contribution in [1.82, 2.24) is 15.6 Å². The number of hydrogen-bond donors (Lipinski definition) is 2. The molecule has 0 spiro atoms. The highest BCUT2D eigenvalue weighted by molar-refractivity contribution is 5.12. The highest BCUT2D eigenvalue weighted by Crippen LogP contribution is 2.28. The van der Waals surface area contributed by atoms with Gasteiger partial charge in [0.15, 0.2) is 0 Å². The van der Waals surface area contributed by atoms with E-state index in [2.05, 4.69) is 62.4 Å². The van der Waals surface area contributed by atoms with Crippen LogP contribution in [0.2, 0.25) is 0 Å². The molecule has 0 amide bonds. The summed E-state index contributed by atoms with van der Waals surface area (Å²) in [5.74, 6) is 0. The van der Waals surface area contributed by atoms with Crippen LogP contribution in [0.15, 0.2) is 18.3 Å². The van der Waals surface area contributed by atoms with Crippen molar-refractivity contribution >= 4 is 0 Å². The minimum absolute atomic E-state index is 0.195. The quantitative estimate of drug-likeness (QED) is 0.878. The lowest BCUT2D eigenvalue weighted by atomic mass is 9.79. The standard InChI is InChI=1S/C16H27N3/c1-12-6-7-13(17-10-12)11-18-14-8-15(2,3)19-16(4,5)9-14/h6-7,10,14,18-19H,8-9,11H2,1-5H3. The second-order valence-corrected chi connectivity index (χ2v) is 7.21. The Hall–Kier alpha value is -0.930. The van der Waals surface area contributed by atoms with Gasteiger partial charge in [0.2, 0.25) is 0 Å². The summed E-state index contributed by atoms with van der Waals surface area (Å²) in [7, 11) is 0. The maximum Gasteiger partial charge on any atom is 0.0541 e. The van der Waals surface area contributed by atoms with E-state index in [1.165, 1.54) is 5.56 Å². The van der Waals surface area contributed by atoms with Gasteiger partial charge in [-0.3, -0.25) is 4.98 Å². The fourth-order valence-corrected chi connectivity index (χ4v) is 3.32. The number of nitrogens with zero attached hydrogens (tertiary/aromatic N) is 1. The first-order valence-electron chi connectivity index (χ1n) is 7.20. The van der Waals surface area contributed by atoms with Crippen LogP contribution in [0.5, 0.6) is 0 Å². The highest BCUT2D eigenvalue weighted by atomic mass is 15.1. The molecule has 2 N–H and O–H groups in total. The van der Waals surface area contributed by atoms with E-state index in [9.17, 15) is 0 Å². The molecule has 0 saturated carbocycles. The normalized spacial score (nSPS) is 22.4. The summed E-state index contributed by atoms with van der Waals surface area (Å²) in [5, 5.41) is 7.38. The topological polar surface area (TPSA) is 37.0 Å². The molecule has 0 bridgehead atoms. The second-order valence-electron chi connectivity index (χ2n) is 7.21. The Labute approximate surface area is 117 Å². The van der Waals surface area contributed by atoms with Gasteiger partial charge in [-0.15, -0.1) is 0 Å². The Balaban J connectivity index is 1.93. The van der Waals surface area contributed by atoms with Gasteiger partial charge in [-0.05, 0) is 59.1 Å². The summed E-state index contributed by atoms with van der Waals surface area (Å²) in [6, 6.07) is 4.79. The number of aryl methyl sites for hydroxylation is 1. The summed E-state index contributed by atoms with van der Waals surface area (Å²) >= 11 is 0. The van der Waals surface area contributed by atoms with E-state index in [4.69, 9.17) is 0 Å². The van der Waals surface area contributed by atoms with Crippen molar-refractivity contribution in [2.24, 2.45) is 0 Å². The first-order chi connectivity index (χ1) is 8.76. The molecule has 1 aliphatic heterocycles. The van der Waals surface area contributed by atoms with Crippen molar-refractivity contribution in [1.29, 1.82) is 0 Å².